The summed E-state index contributed by atoms with van der Waals surface area (Å²) in [5.41, 5.74) is -0.711. The van der Waals surface area contributed by atoms with Gasteiger partial charge in [-0.3, -0.25) is 14.5 Å². The Balaban J connectivity index is 1.36. The molecule has 3 aliphatic heterocycles. The Morgan fingerprint density at radius 2 is 1.83 bits per heavy atom. The van der Waals surface area contributed by atoms with Gasteiger partial charge in [-0.2, -0.15) is 0 Å². The van der Waals surface area contributed by atoms with Crippen molar-refractivity contribution in [2.75, 3.05) is 39.4 Å². The van der Waals surface area contributed by atoms with Crippen molar-refractivity contribution in [1.82, 2.24) is 9.80 Å². The van der Waals surface area contributed by atoms with Gasteiger partial charge in [-0.15, -0.1) is 0 Å². The number of carbonyl (C=O) groups excluding carboxylic acids is 1. The van der Waals surface area contributed by atoms with Crippen LogP contribution < -0.4 is 0 Å². The van der Waals surface area contributed by atoms with Crippen LogP contribution >= 0.6 is 0 Å². The van der Waals surface area contributed by atoms with Gasteiger partial charge in [0.25, 0.3) is 0 Å². The zero-order valence-corrected chi connectivity index (χ0v) is 14.3. The van der Waals surface area contributed by atoms with Crippen molar-refractivity contribution in [3.8, 4) is 0 Å². The number of fused-ring (bicyclic) bond motifs is 1. The smallest absolute Gasteiger partial charge is 0.313 e. The first-order valence-electron chi connectivity index (χ1n) is 9.44. The second-order valence-corrected chi connectivity index (χ2v) is 8.11. The summed E-state index contributed by atoms with van der Waals surface area (Å²) in [5.74, 6) is 0.138. The van der Waals surface area contributed by atoms with Crippen molar-refractivity contribution >= 4 is 11.9 Å². The molecule has 24 heavy (non-hydrogen) atoms. The summed E-state index contributed by atoms with van der Waals surface area (Å²) in [7, 11) is 0. The third-order valence-corrected chi connectivity index (χ3v) is 6.86. The van der Waals surface area contributed by atoms with Gasteiger partial charge in [0.05, 0.1) is 6.61 Å². The average molecular weight is 336 g/mol. The highest BCUT2D eigenvalue weighted by Crippen LogP contribution is 2.43. The van der Waals surface area contributed by atoms with Crippen molar-refractivity contribution in [1.29, 1.82) is 0 Å². The molecule has 0 aromatic carbocycles. The lowest BCUT2D eigenvalue weighted by Crippen LogP contribution is -2.50. The number of hydrogen-bond acceptors (Lipinski definition) is 4. The monoisotopic (exact) mass is 336 g/mol. The summed E-state index contributed by atoms with van der Waals surface area (Å²) < 4.78 is 5.52. The van der Waals surface area contributed by atoms with Gasteiger partial charge in [-0.1, -0.05) is 6.42 Å². The Morgan fingerprint density at radius 1 is 1.08 bits per heavy atom. The highest BCUT2D eigenvalue weighted by atomic mass is 16.5. The minimum absolute atomic E-state index is 0.207. The van der Waals surface area contributed by atoms with Crippen LogP contribution in [-0.4, -0.2) is 72.2 Å². The molecule has 4 rings (SSSR count). The quantitative estimate of drug-likeness (QED) is 0.839. The van der Waals surface area contributed by atoms with Crippen LogP contribution in [0.5, 0.6) is 0 Å². The Bertz CT molecular complexity index is 513. The van der Waals surface area contributed by atoms with Crippen molar-refractivity contribution in [2.24, 2.45) is 17.3 Å². The third kappa shape index (κ3) is 2.64. The molecule has 1 N–H and O–H groups in total. The Labute approximate surface area is 143 Å². The molecule has 0 radical (unpaired) electrons. The predicted octanol–water partition coefficient (Wildman–Crippen LogP) is 1.20. The third-order valence-electron chi connectivity index (χ3n) is 6.86. The summed E-state index contributed by atoms with van der Waals surface area (Å²) in [5, 5.41) is 9.77. The Hall–Kier alpha value is -1.14. The molecule has 1 saturated carbocycles. The number of carboxylic acid groups (broad SMARTS) is 1. The van der Waals surface area contributed by atoms with Crippen LogP contribution in [0.4, 0.5) is 0 Å². The number of hydrogen-bond donors (Lipinski definition) is 1. The van der Waals surface area contributed by atoms with E-state index in [0.29, 0.717) is 31.7 Å². The molecule has 0 aromatic heterocycles. The normalized spacial score (nSPS) is 35.5. The summed E-state index contributed by atoms with van der Waals surface area (Å²) in [6.45, 7) is 4.17. The molecule has 2 atom stereocenters. The van der Waals surface area contributed by atoms with E-state index in [1.165, 1.54) is 6.42 Å². The first-order valence-corrected chi connectivity index (χ1v) is 9.44. The van der Waals surface area contributed by atoms with Crippen LogP contribution in [0.2, 0.25) is 0 Å². The second-order valence-electron chi connectivity index (χ2n) is 8.11. The molecule has 3 heterocycles. The summed E-state index contributed by atoms with van der Waals surface area (Å²) in [4.78, 5) is 28.7. The van der Waals surface area contributed by atoms with E-state index >= 15 is 0 Å². The number of amides is 1. The fourth-order valence-corrected chi connectivity index (χ4v) is 4.97. The average Bonchev–Trinajstić information content (AvgIpc) is 2.94. The molecular weight excluding hydrogens is 308 g/mol. The summed E-state index contributed by atoms with van der Waals surface area (Å²) in [6, 6.07) is 0.414. The molecule has 6 heteroatoms. The van der Waals surface area contributed by atoms with Gasteiger partial charge in [-0.05, 0) is 38.0 Å². The fourth-order valence-electron chi connectivity index (χ4n) is 4.97. The van der Waals surface area contributed by atoms with Crippen molar-refractivity contribution in [3.05, 3.63) is 0 Å². The first kappa shape index (κ1) is 16.3. The van der Waals surface area contributed by atoms with Gasteiger partial charge in [0, 0.05) is 44.7 Å². The van der Waals surface area contributed by atoms with Crippen LogP contribution in [0.25, 0.3) is 0 Å². The van der Waals surface area contributed by atoms with Gasteiger partial charge in [-0.25, -0.2) is 0 Å². The highest BCUT2D eigenvalue weighted by Gasteiger charge is 2.55. The maximum Gasteiger partial charge on any atom is 0.313 e. The molecule has 0 unspecified atom stereocenters. The van der Waals surface area contributed by atoms with Gasteiger partial charge in [0.1, 0.15) is 5.41 Å². The van der Waals surface area contributed by atoms with Crippen LogP contribution in [0.1, 0.15) is 38.5 Å². The van der Waals surface area contributed by atoms with E-state index in [0.717, 1.165) is 51.7 Å². The number of piperidine rings is 1. The van der Waals surface area contributed by atoms with E-state index < -0.39 is 11.4 Å². The Morgan fingerprint density at radius 3 is 2.42 bits per heavy atom. The van der Waals surface area contributed by atoms with E-state index in [1.807, 2.05) is 4.90 Å². The largest absolute Gasteiger partial charge is 0.481 e. The molecule has 1 aliphatic carbocycles. The van der Waals surface area contributed by atoms with E-state index in [1.54, 1.807) is 0 Å². The molecule has 3 saturated heterocycles. The van der Waals surface area contributed by atoms with Crippen molar-refractivity contribution in [3.63, 3.8) is 0 Å². The molecular formula is C18H28N2O4. The molecule has 1 amide bonds. The zero-order chi connectivity index (χ0) is 16.7. The topological polar surface area (TPSA) is 70.1 Å². The van der Waals surface area contributed by atoms with E-state index in [9.17, 15) is 14.7 Å². The van der Waals surface area contributed by atoms with Gasteiger partial charge >= 0.3 is 5.97 Å². The number of nitrogens with zero attached hydrogens (tertiary/aromatic N) is 2. The maximum absolute atomic E-state index is 12.4. The van der Waals surface area contributed by atoms with Gasteiger partial charge < -0.3 is 14.7 Å². The molecule has 6 nitrogen and oxygen atoms in total. The van der Waals surface area contributed by atoms with E-state index in [2.05, 4.69) is 4.90 Å². The maximum atomic E-state index is 12.4. The number of ether oxygens (including phenoxy) is 1. The molecule has 4 fully saturated rings. The van der Waals surface area contributed by atoms with Crippen molar-refractivity contribution in [2.45, 2.75) is 44.6 Å². The van der Waals surface area contributed by atoms with Crippen LogP contribution in [0, 0.1) is 17.3 Å². The highest BCUT2D eigenvalue weighted by molar-refractivity contribution is 5.79. The second kappa shape index (κ2) is 6.30. The number of carbonyl (C=O) groups is 2. The van der Waals surface area contributed by atoms with Gasteiger partial charge in [0.15, 0.2) is 0 Å². The van der Waals surface area contributed by atoms with E-state index in [4.69, 9.17) is 4.74 Å². The lowest BCUT2D eigenvalue weighted by atomic mass is 9.76. The fraction of sp³-hybridized carbons (Fsp3) is 0.889. The molecule has 0 aromatic rings. The summed E-state index contributed by atoms with van der Waals surface area (Å²) in [6.07, 6.45) is 6.12. The molecule has 0 spiro atoms. The van der Waals surface area contributed by atoms with Crippen LogP contribution in [-0.2, 0) is 14.3 Å². The standard InChI is InChI=1S/C18H28N2O4/c21-16(13-2-1-3-13)19-7-4-15(5-8-19)20-10-14-6-9-24-12-18(14,11-20)17(22)23/h13-15H,1-12H2,(H,22,23)/t14-,18+/m0/s1. The zero-order valence-electron chi connectivity index (χ0n) is 14.3. The van der Waals surface area contributed by atoms with Crippen LogP contribution in [0.15, 0.2) is 0 Å². The molecule has 0 bridgehead atoms. The van der Waals surface area contributed by atoms with E-state index in [-0.39, 0.29) is 11.8 Å². The first-order chi connectivity index (χ1) is 11.6. The lowest BCUT2D eigenvalue weighted by molar-refractivity contribution is -0.159. The Kier molecular flexibility index (Phi) is 4.29. The number of carboxylic acids is 1. The number of rotatable bonds is 3. The number of likely N-dealkylation sites (tertiary alicyclic amines) is 2. The van der Waals surface area contributed by atoms with Crippen LogP contribution in [0.3, 0.4) is 0 Å². The van der Waals surface area contributed by atoms with Gasteiger partial charge in [0.2, 0.25) is 5.91 Å². The lowest BCUT2D eigenvalue weighted by Gasteiger charge is -2.39. The minimum Gasteiger partial charge on any atom is -0.481 e. The predicted molar refractivity (Wildman–Crippen MR) is 87.5 cm³/mol. The molecule has 134 valence electrons. The number of aliphatic carboxylic acids is 1. The minimum atomic E-state index is -0.711. The SMILES string of the molecule is O=C(C1CCC1)N1CCC(N2C[C@@H]3CCOC[C@]3(C(=O)O)C2)CC1. The molecule has 4 aliphatic rings. The summed E-state index contributed by atoms with van der Waals surface area (Å²) >= 11 is 0. The van der Waals surface area contributed by atoms with Crippen molar-refractivity contribution < 1.29 is 19.4 Å².